The Hall–Kier alpha value is -1.45. The van der Waals surface area contributed by atoms with E-state index in [9.17, 15) is 16.8 Å². The van der Waals surface area contributed by atoms with Crippen LogP contribution < -0.4 is 0 Å². The van der Waals surface area contributed by atoms with E-state index in [0.717, 1.165) is 11.1 Å². The van der Waals surface area contributed by atoms with Crippen molar-refractivity contribution in [3.63, 3.8) is 0 Å². The molecule has 0 bridgehead atoms. The van der Waals surface area contributed by atoms with Gasteiger partial charge in [0.15, 0.2) is 0 Å². The number of hydrogen-bond donors (Lipinski definition) is 0. The van der Waals surface area contributed by atoms with Crippen molar-refractivity contribution in [1.82, 2.24) is 8.61 Å². The SMILES string of the molecule is Cc1ccc(S(=O)(=O)N2CCN(S(=O)(=O)c3cccc(Cl)c3)CC2)cc1C. The van der Waals surface area contributed by atoms with Crippen LogP contribution in [0.15, 0.2) is 52.3 Å². The van der Waals surface area contributed by atoms with E-state index in [-0.39, 0.29) is 36.0 Å². The van der Waals surface area contributed by atoms with Crippen molar-refractivity contribution < 1.29 is 16.8 Å². The molecule has 3 rings (SSSR count). The summed E-state index contributed by atoms with van der Waals surface area (Å²) in [6, 6.07) is 11.1. The lowest BCUT2D eigenvalue weighted by Gasteiger charge is -2.33. The highest BCUT2D eigenvalue weighted by Gasteiger charge is 2.33. The molecule has 2 aromatic rings. The molecule has 0 spiro atoms. The molecule has 0 aliphatic carbocycles. The maximum Gasteiger partial charge on any atom is 0.243 e. The molecule has 1 aliphatic rings. The zero-order valence-electron chi connectivity index (χ0n) is 15.1. The van der Waals surface area contributed by atoms with Gasteiger partial charge in [-0.3, -0.25) is 0 Å². The first-order valence-corrected chi connectivity index (χ1v) is 11.7. The van der Waals surface area contributed by atoms with Gasteiger partial charge < -0.3 is 0 Å². The molecule has 9 heteroatoms. The van der Waals surface area contributed by atoms with Crippen molar-refractivity contribution in [3.8, 4) is 0 Å². The monoisotopic (exact) mass is 428 g/mol. The van der Waals surface area contributed by atoms with Crippen LogP contribution in [0.3, 0.4) is 0 Å². The second-order valence-electron chi connectivity index (χ2n) is 6.51. The third kappa shape index (κ3) is 4.05. The zero-order chi connectivity index (χ0) is 19.8. The first-order chi connectivity index (χ1) is 12.6. The minimum Gasteiger partial charge on any atom is -0.207 e. The molecule has 0 saturated carbocycles. The number of piperazine rings is 1. The normalized spacial score (nSPS) is 17.1. The number of sulfonamides is 2. The zero-order valence-corrected chi connectivity index (χ0v) is 17.5. The molecule has 1 fully saturated rings. The number of nitrogens with zero attached hydrogens (tertiary/aromatic N) is 2. The van der Waals surface area contributed by atoms with Gasteiger partial charge in [0, 0.05) is 31.2 Å². The number of benzene rings is 2. The Balaban J connectivity index is 1.77. The summed E-state index contributed by atoms with van der Waals surface area (Å²) in [5.41, 5.74) is 1.92. The fourth-order valence-corrected chi connectivity index (χ4v) is 6.18. The second-order valence-corrected chi connectivity index (χ2v) is 10.8. The average molecular weight is 429 g/mol. The largest absolute Gasteiger partial charge is 0.243 e. The van der Waals surface area contributed by atoms with Crippen LogP contribution in [0.5, 0.6) is 0 Å². The van der Waals surface area contributed by atoms with E-state index in [1.165, 1.54) is 20.7 Å². The molecule has 146 valence electrons. The lowest BCUT2D eigenvalue weighted by Crippen LogP contribution is -2.50. The van der Waals surface area contributed by atoms with Gasteiger partial charge in [-0.2, -0.15) is 8.61 Å². The Kier molecular flexibility index (Phi) is 5.65. The Morgan fingerprint density at radius 1 is 0.741 bits per heavy atom. The lowest BCUT2D eigenvalue weighted by molar-refractivity contribution is 0.273. The minimum atomic E-state index is -3.70. The van der Waals surface area contributed by atoms with Crippen LogP contribution in [-0.2, 0) is 20.0 Å². The number of halogens is 1. The Labute approximate surface area is 165 Å². The van der Waals surface area contributed by atoms with Crippen molar-refractivity contribution in [2.75, 3.05) is 26.2 Å². The van der Waals surface area contributed by atoms with E-state index in [0.29, 0.717) is 5.02 Å². The van der Waals surface area contributed by atoms with Crippen LogP contribution in [0.2, 0.25) is 5.02 Å². The predicted octanol–water partition coefficient (Wildman–Crippen LogP) is 2.65. The Bertz CT molecular complexity index is 1060. The number of hydrogen-bond acceptors (Lipinski definition) is 4. The molecular weight excluding hydrogens is 408 g/mol. The van der Waals surface area contributed by atoms with Gasteiger partial charge in [0.1, 0.15) is 0 Å². The molecule has 0 atom stereocenters. The molecule has 1 saturated heterocycles. The first-order valence-electron chi connectivity index (χ1n) is 8.45. The standard InChI is InChI=1S/C18H21ClN2O4S2/c1-14-6-7-18(12-15(14)2)27(24,25)21-10-8-20(9-11-21)26(22,23)17-5-3-4-16(19)13-17/h3-7,12-13H,8-11H2,1-2H3. The summed E-state index contributed by atoms with van der Waals surface area (Å²) in [4.78, 5) is 0.345. The third-order valence-corrected chi connectivity index (χ3v) is 8.77. The van der Waals surface area contributed by atoms with E-state index in [4.69, 9.17) is 11.6 Å². The molecule has 1 aliphatic heterocycles. The van der Waals surface area contributed by atoms with Gasteiger partial charge in [0.05, 0.1) is 9.79 Å². The van der Waals surface area contributed by atoms with Crippen molar-refractivity contribution in [3.05, 3.63) is 58.6 Å². The lowest BCUT2D eigenvalue weighted by atomic mass is 10.1. The molecule has 27 heavy (non-hydrogen) atoms. The van der Waals surface area contributed by atoms with Gasteiger partial charge in [0.2, 0.25) is 20.0 Å². The van der Waals surface area contributed by atoms with Crippen LogP contribution >= 0.6 is 11.6 Å². The summed E-state index contributed by atoms with van der Waals surface area (Å²) in [5.74, 6) is 0. The van der Waals surface area contributed by atoms with Gasteiger partial charge in [-0.1, -0.05) is 23.7 Å². The summed E-state index contributed by atoms with van der Waals surface area (Å²) in [6.07, 6.45) is 0. The van der Waals surface area contributed by atoms with Gasteiger partial charge in [-0.25, -0.2) is 16.8 Å². The molecule has 0 unspecified atom stereocenters. The van der Waals surface area contributed by atoms with E-state index in [1.807, 2.05) is 13.8 Å². The van der Waals surface area contributed by atoms with Gasteiger partial charge in [-0.15, -0.1) is 0 Å². The van der Waals surface area contributed by atoms with Crippen LogP contribution in [0.25, 0.3) is 0 Å². The number of aryl methyl sites for hydroxylation is 2. The Morgan fingerprint density at radius 2 is 1.26 bits per heavy atom. The molecule has 0 aromatic heterocycles. The third-order valence-electron chi connectivity index (χ3n) is 4.75. The van der Waals surface area contributed by atoms with Crippen LogP contribution in [-0.4, -0.2) is 51.6 Å². The maximum absolute atomic E-state index is 12.9. The second kappa shape index (κ2) is 7.52. The molecular formula is C18H21ClN2O4S2. The summed E-state index contributed by atoms with van der Waals surface area (Å²) in [7, 11) is -7.35. The van der Waals surface area contributed by atoms with Crippen molar-refractivity contribution in [1.29, 1.82) is 0 Å². The average Bonchev–Trinajstić information content (AvgIpc) is 2.64. The van der Waals surface area contributed by atoms with Crippen molar-refractivity contribution in [2.24, 2.45) is 0 Å². The summed E-state index contributed by atoms with van der Waals surface area (Å²) in [6.45, 7) is 4.19. The summed E-state index contributed by atoms with van der Waals surface area (Å²) in [5, 5.41) is 0.340. The number of rotatable bonds is 4. The van der Waals surface area contributed by atoms with E-state index >= 15 is 0 Å². The van der Waals surface area contributed by atoms with Crippen LogP contribution in [0, 0.1) is 13.8 Å². The highest BCUT2D eigenvalue weighted by Crippen LogP contribution is 2.24. The molecule has 0 N–H and O–H groups in total. The van der Waals surface area contributed by atoms with Crippen molar-refractivity contribution in [2.45, 2.75) is 23.6 Å². The molecule has 0 radical (unpaired) electrons. The maximum atomic E-state index is 12.9. The fraction of sp³-hybridized carbons (Fsp3) is 0.333. The first kappa shape index (κ1) is 20.3. The van der Waals surface area contributed by atoms with E-state index < -0.39 is 20.0 Å². The molecule has 6 nitrogen and oxygen atoms in total. The smallest absolute Gasteiger partial charge is 0.207 e. The fourth-order valence-electron chi connectivity index (χ4n) is 2.95. The Morgan fingerprint density at radius 3 is 1.74 bits per heavy atom. The quantitative estimate of drug-likeness (QED) is 0.750. The van der Waals surface area contributed by atoms with Gasteiger partial charge in [-0.05, 0) is 55.3 Å². The highest BCUT2D eigenvalue weighted by atomic mass is 35.5. The molecule has 0 amide bonds. The van der Waals surface area contributed by atoms with E-state index in [1.54, 1.807) is 30.3 Å². The van der Waals surface area contributed by atoms with Crippen LogP contribution in [0.4, 0.5) is 0 Å². The minimum absolute atomic E-state index is 0.0962. The van der Waals surface area contributed by atoms with Crippen molar-refractivity contribution >= 4 is 31.6 Å². The summed E-state index contributed by atoms with van der Waals surface area (Å²) < 4.78 is 53.9. The summed E-state index contributed by atoms with van der Waals surface area (Å²) >= 11 is 5.89. The van der Waals surface area contributed by atoms with Gasteiger partial charge in [0.25, 0.3) is 0 Å². The molecule has 2 aromatic carbocycles. The topological polar surface area (TPSA) is 74.8 Å². The molecule has 1 heterocycles. The predicted molar refractivity (Wildman–Crippen MR) is 105 cm³/mol. The van der Waals surface area contributed by atoms with Crippen LogP contribution in [0.1, 0.15) is 11.1 Å². The highest BCUT2D eigenvalue weighted by molar-refractivity contribution is 7.89. The van der Waals surface area contributed by atoms with E-state index in [2.05, 4.69) is 0 Å². The van der Waals surface area contributed by atoms with Gasteiger partial charge >= 0.3 is 0 Å².